The van der Waals surface area contributed by atoms with Gasteiger partial charge in [-0.05, 0) is 19.8 Å². The van der Waals surface area contributed by atoms with Gasteiger partial charge in [-0.3, -0.25) is 4.79 Å². The number of unbranched alkanes of at least 4 members (excludes halogenated alkanes) is 1. The van der Waals surface area contributed by atoms with E-state index >= 15 is 0 Å². The number of nitrogens with zero attached hydrogens (tertiary/aromatic N) is 1. The van der Waals surface area contributed by atoms with E-state index in [-0.39, 0.29) is 5.92 Å². The van der Waals surface area contributed by atoms with Crippen molar-refractivity contribution in [2.45, 2.75) is 52.9 Å². The van der Waals surface area contributed by atoms with Gasteiger partial charge in [0.15, 0.2) is 0 Å². The van der Waals surface area contributed by atoms with Crippen molar-refractivity contribution in [1.29, 1.82) is 0 Å². The molecular weight excluding hydrogens is 218 g/mol. The molecule has 0 aliphatic heterocycles. The standard InChI is InChI=1S/C13H21NOS/c1-4-6-7-11(5-2)13(15)8-12-9-16-10(3)14-12/h9,11H,4-8H2,1-3H3. The van der Waals surface area contributed by atoms with E-state index in [0.29, 0.717) is 12.2 Å². The van der Waals surface area contributed by atoms with Crippen LogP contribution in [0.4, 0.5) is 0 Å². The quantitative estimate of drug-likeness (QED) is 0.725. The third kappa shape index (κ3) is 4.05. The summed E-state index contributed by atoms with van der Waals surface area (Å²) in [5.41, 5.74) is 0.947. The van der Waals surface area contributed by atoms with Gasteiger partial charge < -0.3 is 0 Å². The van der Waals surface area contributed by atoms with Crippen LogP contribution in [-0.4, -0.2) is 10.8 Å². The highest BCUT2D eigenvalue weighted by atomic mass is 32.1. The van der Waals surface area contributed by atoms with Gasteiger partial charge in [0.25, 0.3) is 0 Å². The minimum absolute atomic E-state index is 0.238. The van der Waals surface area contributed by atoms with E-state index in [2.05, 4.69) is 18.8 Å². The fourth-order valence-corrected chi connectivity index (χ4v) is 2.47. The fourth-order valence-electron chi connectivity index (χ4n) is 1.86. The molecule has 1 heterocycles. The first kappa shape index (κ1) is 13.4. The molecular formula is C13H21NOS. The highest BCUT2D eigenvalue weighted by Crippen LogP contribution is 2.17. The van der Waals surface area contributed by atoms with Crippen LogP contribution in [0.15, 0.2) is 5.38 Å². The molecule has 0 bridgehead atoms. The SMILES string of the molecule is CCCCC(CC)C(=O)Cc1csc(C)n1. The molecule has 1 aromatic rings. The van der Waals surface area contributed by atoms with Gasteiger partial charge >= 0.3 is 0 Å². The van der Waals surface area contributed by atoms with Crippen LogP contribution < -0.4 is 0 Å². The van der Waals surface area contributed by atoms with Gasteiger partial charge in [-0.15, -0.1) is 11.3 Å². The van der Waals surface area contributed by atoms with Crippen LogP contribution in [0.3, 0.4) is 0 Å². The zero-order chi connectivity index (χ0) is 12.0. The number of carbonyl (C=O) groups is 1. The Labute approximate surface area is 102 Å². The summed E-state index contributed by atoms with van der Waals surface area (Å²) in [6.45, 7) is 6.25. The first-order valence-electron chi connectivity index (χ1n) is 6.11. The van der Waals surface area contributed by atoms with E-state index in [4.69, 9.17) is 0 Å². The van der Waals surface area contributed by atoms with Crippen molar-refractivity contribution in [3.05, 3.63) is 16.1 Å². The smallest absolute Gasteiger partial charge is 0.141 e. The highest BCUT2D eigenvalue weighted by molar-refractivity contribution is 7.09. The number of hydrogen-bond acceptors (Lipinski definition) is 3. The first-order valence-corrected chi connectivity index (χ1v) is 6.99. The second-order valence-electron chi connectivity index (χ2n) is 4.25. The van der Waals surface area contributed by atoms with Crippen molar-refractivity contribution < 1.29 is 4.79 Å². The van der Waals surface area contributed by atoms with Gasteiger partial charge in [-0.2, -0.15) is 0 Å². The summed E-state index contributed by atoms with van der Waals surface area (Å²) in [6.07, 6.45) is 4.84. The van der Waals surface area contributed by atoms with Crippen LogP contribution in [0.25, 0.3) is 0 Å². The van der Waals surface area contributed by atoms with Crippen molar-refractivity contribution in [3.8, 4) is 0 Å². The summed E-state index contributed by atoms with van der Waals surface area (Å²) in [5, 5.41) is 3.05. The van der Waals surface area contributed by atoms with Gasteiger partial charge in [-0.1, -0.05) is 26.7 Å². The van der Waals surface area contributed by atoms with Crippen LogP contribution in [0.2, 0.25) is 0 Å². The van der Waals surface area contributed by atoms with Crippen LogP contribution in [0.1, 0.15) is 50.2 Å². The van der Waals surface area contributed by atoms with E-state index in [0.717, 1.165) is 30.0 Å². The lowest BCUT2D eigenvalue weighted by Crippen LogP contribution is -2.16. The number of carbonyl (C=O) groups excluding carboxylic acids is 1. The average molecular weight is 239 g/mol. The van der Waals surface area contributed by atoms with E-state index in [9.17, 15) is 4.79 Å². The maximum absolute atomic E-state index is 12.0. The molecule has 0 radical (unpaired) electrons. The van der Waals surface area contributed by atoms with Crippen LogP contribution in [-0.2, 0) is 11.2 Å². The molecule has 90 valence electrons. The van der Waals surface area contributed by atoms with Crippen LogP contribution in [0.5, 0.6) is 0 Å². The fraction of sp³-hybridized carbons (Fsp3) is 0.692. The predicted octanol–water partition coefficient (Wildman–Crippen LogP) is 3.78. The Morgan fingerprint density at radius 1 is 1.50 bits per heavy atom. The van der Waals surface area contributed by atoms with Crippen molar-refractivity contribution in [2.75, 3.05) is 0 Å². The summed E-state index contributed by atoms with van der Waals surface area (Å²) in [5.74, 6) is 0.600. The largest absolute Gasteiger partial charge is 0.299 e. The van der Waals surface area contributed by atoms with Gasteiger partial charge in [0.2, 0.25) is 0 Å². The number of ketones is 1. The predicted molar refractivity (Wildman–Crippen MR) is 68.9 cm³/mol. The Balaban J connectivity index is 2.49. The van der Waals surface area contributed by atoms with Crippen molar-refractivity contribution in [3.63, 3.8) is 0 Å². The molecule has 0 aliphatic rings. The number of Topliss-reactive ketones (excluding diaryl/α,β-unsaturated/α-hetero) is 1. The third-order valence-electron chi connectivity index (χ3n) is 2.88. The van der Waals surface area contributed by atoms with Gasteiger partial charge in [0.1, 0.15) is 5.78 Å². The lowest BCUT2D eigenvalue weighted by atomic mass is 9.92. The molecule has 1 aromatic heterocycles. The molecule has 1 unspecified atom stereocenters. The summed E-state index contributed by atoms with van der Waals surface area (Å²) < 4.78 is 0. The zero-order valence-corrected chi connectivity index (χ0v) is 11.3. The minimum atomic E-state index is 0.238. The topological polar surface area (TPSA) is 30.0 Å². The lowest BCUT2D eigenvalue weighted by Gasteiger charge is -2.11. The number of aromatic nitrogens is 1. The Morgan fingerprint density at radius 3 is 2.75 bits per heavy atom. The van der Waals surface area contributed by atoms with E-state index < -0.39 is 0 Å². The zero-order valence-electron chi connectivity index (χ0n) is 10.5. The van der Waals surface area contributed by atoms with E-state index in [1.165, 1.54) is 6.42 Å². The normalized spacial score (nSPS) is 12.7. The highest BCUT2D eigenvalue weighted by Gasteiger charge is 2.17. The first-order chi connectivity index (χ1) is 7.67. The number of rotatable bonds is 7. The summed E-state index contributed by atoms with van der Waals surface area (Å²) >= 11 is 1.62. The lowest BCUT2D eigenvalue weighted by molar-refractivity contribution is -0.122. The number of thiazole rings is 1. The molecule has 1 rings (SSSR count). The number of aryl methyl sites for hydroxylation is 1. The summed E-state index contributed by atoms with van der Waals surface area (Å²) in [7, 11) is 0. The molecule has 0 spiro atoms. The van der Waals surface area contributed by atoms with Gasteiger partial charge in [0, 0.05) is 17.7 Å². The maximum Gasteiger partial charge on any atom is 0.141 e. The molecule has 0 saturated carbocycles. The molecule has 0 aromatic carbocycles. The average Bonchev–Trinajstić information content (AvgIpc) is 2.65. The molecule has 0 saturated heterocycles. The summed E-state index contributed by atoms with van der Waals surface area (Å²) in [4.78, 5) is 16.4. The molecule has 0 aliphatic carbocycles. The second-order valence-corrected chi connectivity index (χ2v) is 5.31. The molecule has 0 fully saturated rings. The molecule has 1 atom stereocenters. The van der Waals surface area contributed by atoms with Crippen LogP contribution in [0, 0.1) is 12.8 Å². The van der Waals surface area contributed by atoms with Gasteiger partial charge in [-0.25, -0.2) is 4.98 Å². The second kappa shape index (κ2) is 6.79. The Bertz CT molecular complexity index is 332. The number of hydrogen-bond donors (Lipinski definition) is 0. The Kier molecular flexibility index (Phi) is 5.67. The Hall–Kier alpha value is -0.700. The van der Waals surface area contributed by atoms with Crippen molar-refractivity contribution >= 4 is 17.1 Å². The molecule has 3 heteroatoms. The monoisotopic (exact) mass is 239 g/mol. The molecule has 2 nitrogen and oxygen atoms in total. The maximum atomic E-state index is 12.0. The third-order valence-corrected chi connectivity index (χ3v) is 3.70. The molecule has 0 N–H and O–H groups in total. The van der Waals surface area contributed by atoms with Crippen molar-refractivity contribution in [1.82, 2.24) is 4.98 Å². The van der Waals surface area contributed by atoms with Crippen LogP contribution >= 0.6 is 11.3 Å². The summed E-state index contributed by atoms with van der Waals surface area (Å²) in [6, 6.07) is 0. The van der Waals surface area contributed by atoms with E-state index in [1.807, 2.05) is 12.3 Å². The van der Waals surface area contributed by atoms with Gasteiger partial charge in [0.05, 0.1) is 10.7 Å². The van der Waals surface area contributed by atoms with E-state index in [1.54, 1.807) is 11.3 Å². The Morgan fingerprint density at radius 2 is 2.25 bits per heavy atom. The molecule has 0 amide bonds. The molecule has 16 heavy (non-hydrogen) atoms. The van der Waals surface area contributed by atoms with Crippen molar-refractivity contribution in [2.24, 2.45) is 5.92 Å². The minimum Gasteiger partial charge on any atom is -0.299 e.